The fourth-order valence-electron chi connectivity index (χ4n) is 2.86. The van der Waals surface area contributed by atoms with Crippen molar-refractivity contribution in [3.63, 3.8) is 0 Å². The average Bonchev–Trinajstić information content (AvgIpc) is 2.71. The van der Waals surface area contributed by atoms with Gasteiger partial charge in [-0.2, -0.15) is 0 Å². The Labute approximate surface area is 246 Å². The topological polar surface area (TPSA) is 118 Å². The number of pyridine rings is 1. The molecule has 3 rings (SSSR count). The predicted octanol–water partition coefficient (Wildman–Crippen LogP) is 4.01. The van der Waals surface area contributed by atoms with Gasteiger partial charge in [-0.3, -0.25) is 9.32 Å². The molecule has 180 valence electrons. The number of H-pyrrole nitrogens is 1. The van der Waals surface area contributed by atoms with Crippen molar-refractivity contribution in [1.82, 2.24) is 4.98 Å². The number of nitrogens with one attached hydrogen (secondary N) is 1. The first-order valence-corrected chi connectivity index (χ1v) is 11.0. The number of rotatable bonds is 7. The molecule has 0 radical (unpaired) electrons. The van der Waals surface area contributed by atoms with Crippen LogP contribution in [0.25, 0.3) is 11.1 Å². The van der Waals surface area contributed by atoms with Crippen LogP contribution < -0.4 is 14.9 Å². The van der Waals surface area contributed by atoms with Crippen molar-refractivity contribution in [2.45, 2.75) is 19.9 Å². The zero-order valence-electron chi connectivity index (χ0n) is 16.7. The standard InChI is InChI=1S/C20H16ClF3NO7P.2Na.2H/c1-11-18(21)19(26)17(16(25-11)10-30-33(27,28)29)12-2-4-13(5-3-12)31-14-6-8-15(9-7-14)32-20(22,23)24;;;;/h2-9H,10H2,1H3,(H,25,26)(H2,27,28,29);;;;. The van der Waals surface area contributed by atoms with Gasteiger partial charge in [0.25, 0.3) is 0 Å². The zero-order valence-corrected chi connectivity index (χ0v) is 18.4. The molecule has 0 aliphatic heterocycles. The molecule has 0 fully saturated rings. The Morgan fingerprint density at radius 1 is 0.971 bits per heavy atom. The Bertz CT molecular complexity index is 1250. The second-order valence-corrected chi connectivity index (χ2v) is 8.27. The van der Waals surface area contributed by atoms with Gasteiger partial charge in [0, 0.05) is 5.69 Å². The van der Waals surface area contributed by atoms with Gasteiger partial charge in [-0.15, -0.1) is 13.2 Å². The van der Waals surface area contributed by atoms with Crippen molar-refractivity contribution >= 4 is 78.5 Å². The zero-order chi connectivity index (χ0) is 24.4. The molecule has 0 saturated heterocycles. The molecule has 0 atom stereocenters. The van der Waals surface area contributed by atoms with Gasteiger partial charge in [0.05, 0.1) is 17.9 Å². The summed E-state index contributed by atoms with van der Waals surface area (Å²) in [7, 11) is -4.79. The number of hydrogen-bond donors (Lipinski definition) is 3. The van der Waals surface area contributed by atoms with Crippen LogP contribution in [0.1, 0.15) is 11.4 Å². The molecule has 3 aromatic rings. The summed E-state index contributed by atoms with van der Waals surface area (Å²) in [6.07, 6.45) is -4.80. The molecule has 0 spiro atoms. The van der Waals surface area contributed by atoms with E-state index < -0.39 is 32.0 Å². The van der Waals surface area contributed by atoms with Gasteiger partial charge in [-0.25, -0.2) is 4.57 Å². The number of phosphoric ester groups is 1. The van der Waals surface area contributed by atoms with Gasteiger partial charge < -0.3 is 24.2 Å². The number of benzene rings is 2. The molecule has 0 bridgehead atoms. The molecule has 2 aromatic carbocycles. The van der Waals surface area contributed by atoms with Gasteiger partial charge in [-0.05, 0) is 48.9 Å². The number of phosphoric acid groups is 1. The van der Waals surface area contributed by atoms with E-state index >= 15 is 0 Å². The third-order valence-corrected chi connectivity index (χ3v) is 5.13. The van der Waals surface area contributed by atoms with Crippen molar-refractivity contribution in [2.75, 3.05) is 0 Å². The number of aryl methyl sites for hydroxylation is 1. The number of hydrogen-bond acceptors (Lipinski definition) is 5. The summed E-state index contributed by atoms with van der Waals surface area (Å²) in [6.45, 7) is 0.952. The molecule has 8 nitrogen and oxygen atoms in total. The average molecular weight is 554 g/mol. The minimum atomic E-state index is -4.80. The van der Waals surface area contributed by atoms with Crippen molar-refractivity contribution < 1.29 is 41.5 Å². The van der Waals surface area contributed by atoms with E-state index in [1.54, 1.807) is 0 Å². The first-order chi connectivity index (χ1) is 15.3. The number of aromatic amines is 1. The van der Waals surface area contributed by atoms with E-state index in [0.29, 0.717) is 17.0 Å². The Kier molecular flexibility index (Phi) is 12.1. The Hall–Kier alpha value is -0.820. The molecule has 1 aromatic heterocycles. The molecular weight excluding hydrogens is 536 g/mol. The Morgan fingerprint density at radius 3 is 1.94 bits per heavy atom. The van der Waals surface area contributed by atoms with E-state index in [-0.39, 0.29) is 81.1 Å². The van der Waals surface area contributed by atoms with E-state index in [1.165, 1.54) is 43.3 Å². The number of halogens is 4. The summed E-state index contributed by atoms with van der Waals surface area (Å²) in [6, 6.07) is 10.8. The normalized spacial score (nSPS) is 11.3. The third-order valence-electron chi connectivity index (χ3n) is 4.21. The summed E-state index contributed by atoms with van der Waals surface area (Å²) in [4.78, 5) is 33.5. The summed E-state index contributed by atoms with van der Waals surface area (Å²) in [5.41, 5.74) is 0.265. The number of aromatic nitrogens is 1. The van der Waals surface area contributed by atoms with Gasteiger partial charge in [0.2, 0.25) is 5.43 Å². The van der Waals surface area contributed by atoms with Crippen molar-refractivity contribution in [1.29, 1.82) is 0 Å². The van der Waals surface area contributed by atoms with E-state index in [0.717, 1.165) is 12.1 Å². The predicted molar refractivity (Wildman–Crippen MR) is 127 cm³/mol. The van der Waals surface area contributed by atoms with E-state index in [9.17, 15) is 22.5 Å². The summed E-state index contributed by atoms with van der Waals surface area (Å²) in [5.74, 6) is 0.154. The molecule has 15 heteroatoms. The SMILES string of the molecule is Cc1[nH]c(COP(=O)(O)O)c(-c2ccc(Oc3ccc(OC(F)(F)F)cc3)cc2)c(=O)c1Cl.[NaH].[NaH]. The molecule has 35 heavy (non-hydrogen) atoms. The minimum absolute atomic E-state index is 0. The van der Waals surface area contributed by atoms with Crippen molar-refractivity contribution in [3.05, 3.63) is 75.2 Å². The molecule has 0 saturated carbocycles. The van der Waals surface area contributed by atoms with Crippen LogP contribution in [0, 0.1) is 6.92 Å². The molecule has 3 N–H and O–H groups in total. The van der Waals surface area contributed by atoms with Crippen LogP contribution in [-0.2, 0) is 15.7 Å². The maximum atomic E-state index is 12.7. The second-order valence-electron chi connectivity index (χ2n) is 6.66. The Balaban J connectivity index is 0.00000306. The second kappa shape index (κ2) is 13.1. The fourth-order valence-corrected chi connectivity index (χ4v) is 3.30. The maximum absolute atomic E-state index is 12.7. The van der Waals surface area contributed by atoms with Gasteiger partial charge >= 0.3 is 73.3 Å². The van der Waals surface area contributed by atoms with Crippen LogP contribution >= 0.6 is 19.4 Å². The van der Waals surface area contributed by atoms with Crippen LogP contribution in [0.5, 0.6) is 17.2 Å². The fraction of sp³-hybridized carbons (Fsp3) is 0.150. The quantitative estimate of drug-likeness (QED) is 0.299. The van der Waals surface area contributed by atoms with Crippen LogP contribution in [0.2, 0.25) is 5.02 Å². The van der Waals surface area contributed by atoms with Crippen LogP contribution in [0.15, 0.2) is 53.3 Å². The van der Waals surface area contributed by atoms with Crippen molar-refractivity contribution in [3.8, 4) is 28.4 Å². The first-order valence-electron chi connectivity index (χ1n) is 9.08. The van der Waals surface area contributed by atoms with Crippen molar-refractivity contribution in [2.24, 2.45) is 0 Å². The summed E-state index contributed by atoms with van der Waals surface area (Å²) >= 11 is 6.04. The van der Waals surface area contributed by atoms with Crippen LogP contribution in [0.3, 0.4) is 0 Å². The molecule has 0 amide bonds. The molecule has 0 aliphatic rings. The summed E-state index contributed by atoms with van der Waals surface area (Å²) < 4.78 is 61.7. The van der Waals surface area contributed by atoms with Gasteiger partial charge in [-0.1, -0.05) is 23.7 Å². The van der Waals surface area contributed by atoms with Gasteiger partial charge in [0.1, 0.15) is 22.3 Å². The molecule has 0 aliphatic carbocycles. The number of alkyl halides is 3. The van der Waals surface area contributed by atoms with Gasteiger partial charge in [0.15, 0.2) is 0 Å². The summed E-state index contributed by atoms with van der Waals surface area (Å²) in [5, 5.41) is -0.0913. The van der Waals surface area contributed by atoms with Crippen LogP contribution in [-0.4, -0.2) is 80.2 Å². The molecular formula is C20H18ClF3NNa2O7P. The van der Waals surface area contributed by atoms with E-state index in [1.807, 2.05) is 0 Å². The number of ether oxygens (including phenoxy) is 2. The van der Waals surface area contributed by atoms with E-state index in [2.05, 4.69) is 14.2 Å². The molecule has 0 unspecified atom stereocenters. The third kappa shape index (κ3) is 9.53. The monoisotopic (exact) mass is 553 g/mol. The Morgan fingerprint density at radius 2 is 1.46 bits per heavy atom. The molecule has 1 heterocycles. The van der Waals surface area contributed by atoms with E-state index in [4.69, 9.17) is 26.1 Å². The van der Waals surface area contributed by atoms with Crippen LogP contribution in [0.4, 0.5) is 13.2 Å². The first kappa shape index (κ1) is 32.2.